The van der Waals surface area contributed by atoms with Crippen LogP contribution < -0.4 is 14.2 Å². The van der Waals surface area contributed by atoms with E-state index in [4.69, 9.17) is 14.2 Å². The Kier molecular flexibility index (Phi) is 6.97. The monoisotopic (exact) mass is 427 g/mol. The number of carboxylic acid groups (broad SMARTS) is 1. The summed E-state index contributed by atoms with van der Waals surface area (Å²) in [5, 5.41) is 16.8. The smallest absolute Gasteiger partial charge is 0.342 e. The molecule has 2 N–H and O–H groups in total. The van der Waals surface area contributed by atoms with Crippen LogP contribution in [0.5, 0.6) is 17.2 Å². The van der Waals surface area contributed by atoms with Crippen LogP contribution in [0.1, 0.15) is 12.5 Å². The van der Waals surface area contributed by atoms with Gasteiger partial charge in [-0.05, 0) is 54.6 Å². The molecule has 0 amide bonds. The number of benzene rings is 2. The van der Waals surface area contributed by atoms with Crippen molar-refractivity contribution in [1.29, 1.82) is 0 Å². The number of nitrogens with one attached hydrogen (secondary N) is 1. The molecule has 0 unspecified atom stereocenters. The van der Waals surface area contributed by atoms with Crippen LogP contribution in [0.15, 0.2) is 52.5 Å². The van der Waals surface area contributed by atoms with Gasteiger partial charge in [0.2, 0.25) is 5.16 Å². The van der Waals surface area contributed by atoms with Crippen LogP contribution in [0.4, 0.5) is 0 Å². The normalized spacial score (nSPS) is 11.2. The van der Waals surface area contributed by atoms with Crippen LogP contribution in [0.2, 0.25) is 0 Å². The average molecular weight is 427 g/mol. The number of aromatic amines is 1. The maximum Gasteiger partial charge on any atom is 0.342 e. The van der Waals surface area contributed by atoms with Gasteiger partial charge in [0.05, 0.1) is 20.8 Å². The minimum atomic E-state index is -1.07. The quantitative estimate of drug-likeness (QED) is 0.388. The van der Waals surface area contributed by atoms with Crippen LogP contribution >= 0.6 is 11.8 Å². The summed E-state index contributed by atoms with van der Waals surface area (Å²) >= 11 is 0.956. The molecule has 0 saturated carbocycles. The summed E-state index contributed by atoms with van der Waals surface area (Å²) in [5.74, 6) is 1.35. The molecule has 0 aliphatic heterocycles. The zero-order chi connectivity index (χ0) is 21.5. The Balaban J connectivity index is 1.82. The van der Waals surface area contributed by atoms with Gasteiger partial charge >= 0.3 is 5.97 Å². The molecule has 1 aromatic heterocycles. The fraction of sp³-hybridized carbons (Fsp3) is 0.190. The van der Waals surface area contributed by atoms with Crippen molar-refractivity contribution in [2.24, 2.45) is 0 Å². The molecule has 0 bridgehead atoms. The zero-order valence-corrected chi connectivity index (χ0v) is 17.5. The summed E-state index contributed by atoms with van der Waals surface area (Å²) in [5.41, 5.74) is 1.44. The zero-order valence-electron chi connectivity index (χ0n) is 16.7. The van der Waals surface area contributed by atoms with Crippen LogP contribution in [-0.2, 0) is 4.79 Å². The number of hydrogen-bond donors (Lipinski definition) is 2. The molecule has 9 heteroatoms. The number of aliphatic carboxylic acids is 1. The van der Waals surface area contributed by atoms with E-state index in [0.717, 1.165) is 23.1 Å². The van der Waals surface area contributed by atoms with Crippen molar-refractivity contribution in [3.8, 4) is 28.6 Å². The highest BCUT2D eigenvalue weighted by Crippen LogP contribution is 2.31. The third-order valence-electron chi connectivity index (χ3n) is 3.99. The summed E-state index contributed by atoms with van der Waals surface area (Å²) in [6.07, 6.45) is 1.56. The SMILES string of the molecule is CCOc1ccc(/C=C(\Sc2n[nH]c(-c3cc(OC)cc(OC)c3)n2)C(=O)O)cc1. The van der Waals surface area contributed by atoms with Crippen molar-refractivity contribution in [2.45, 2.75) is 12.1 Å². The third-order valence-corrected chi connectivity index (χ3v) is 4.87. The lowest BCUT2D eigenvalue weighted by molar-refractivity contribution is -0.131. The van der Waals surface area contributed by atoms with Gasteiger partial charge in [0.25, 0.3) is 0 Å². The number of hydrogen-bond acceptors (Lipinski definition) is 7. The second kappa shape index (κ2) is 9.84. The fourth-order valence-electron chi connectivity index (χ4n) is 2.58. The first kappa shape index (κ1) is 21.3. The van der Waals surface area contributed by atoms with Gasteiger partial charge in [0.15, 0.2) is 5.82 Å². The lowest BCUT2D eigenvalue weighted by atomic mass is 10.2. The largest absolute Gasteiger partial charge is 0.497 e. The number of nitrogens with zero attached hydrogens (tertiary/aromatic N) is 2. The van der Waals surface area contributed by atoms with Gasteiger partial charge in [-0.25, -0.2) is 9.78 Å². The summed E-state index contributed by atoms with van der Waals surface area (Å²) < 4.78 is 15.9. The van der Waals surface area contributed by atoms with E-state index >= 15 is 0 Å². The number of thioether (sulfide) groups is 1. The number of methoxy groups -OCH3 is 2. The van der Waals surface area contributed by atoms with Gasteiger partial charge in [-0.15, -0.1) is 5.10 Å². The Morgan fingerprint density at radius 3 is 2.33 bits per heavy atom. The second-order valence-corrected chi connectivity index (χ2v) is 6.99. The number of aromatic nitrogens is 3. The maximum absolute atomic E-state index is 11.7. The molecule has 1 heterocycles. The molecule has 3 rings (SSSR count). The first-order valence-electron chi connectivity index (χ1n) is 9.04. The lowest BCUT2D eigenvalue weighted by Crippen LogP contribution is -1.97. The first-order valence-corrected chi connectivity index (χ1v) is 9.85. The Hall–Kier alpha value is -3.46. The Morgan fingerprint density at radius 1 is 1.10 bits per heavy atom. The molecule has 0 fully saturated rings. The van der Waals surface area contributed by atoms with E-state index < -0.39 is 5.97 Å². The highest BCUT2D eigenvalue weighted by molar-refractivity contribution is 8.04. The Morgan fingerprint density at radius 2 is 1.77 bits per heavy atom. The van der Waals surface area contributed by atoms with Crippen LogP contribution in [0.25, 0.3) is 17.5 Å². The van der Waals surface area contributed by atoms with Crippen LogP contribution in [0, 0.1) is 0 Å². The topological polar surface area (TPSA) is 107 Å². The van der Waals surface area contributed by atoms with E-state index in [9.17, 15) is 9.90 Å². The second-order valence-electron chi connectivity index (χ2n) is 5.99. The van der Waals surface area contributed by atoms with Gasteiger partial charge in [-0.3, -0.25) is 5.10 Å². The molecule has 30 heavy (non-hydrogen) atoms. The standard InChI is InChI=1S/C21H21N3O5S/c1-4-29-15-7-5-13(6-8-15)9-18(20(25)26)30-21-22-19(23-24-21)14-10-16(27-2)12-17(11-14)28-3/h5-12H,4H2,1-3H3,(H,25,26)(H,22,23,24)/b18-9-. The Bertz CT molecular complexity index is 1020. The van der Waals surface area contributed by atoms with E-state index in [0.29, 0.717) is 29.5 Å². The molecular formula is C21H21N3O5S. The Labute approximate surface area is 177 Å². The number of carboxylic acids is 1. The molecule has 3 aromatic rings. The van der Waals surface area contributed by atoms with Gasteiger partial charge in [-0.2, -0.15) is 0 Å². The number of carbonyl (C=O) groups is 1. The highest BCUT2D eigenvalue weighted by atomic mass is 32.2. The van der Waals surface area contributed by atoms with Crippen molar-refractivity contribution >= 4 is 23.8 Å². The van der Waals surface area contributed by atoms with E-state index in [1.54, 1.807) is 62.8 Å². The van der Waals surface area contributed by atoms with Crippen LogP contribution in [0.3, 0.4) is 0 Å². The average Bonchev–Trinajstić information content (AvgIpc) is 3.23. The van der Waals surface area contributed by atoms with E-state index in [1.165, 1.54) is 0 Å². The molecule has 0 spiro atoms. The summed E-state index contributed by atoms with van der Waals surface area (Å²) in [4.78, 5) is 16.2. The summed E-state index contributed by atoms with van der Waals surface area (Å²) in [6.45, 7) is 2.47. The van der Waals surface area contributed by atoms with Crippen molar-refractivity contribution in [1.82, 2.24) is 15.2 Å². The molecule has 2 aromatic carbocycles. The van der Waals surface area contributed by atoms with Gasteiger partial charge < -0.3 is 19.3 Å². The molecule has 156 valence electrons. The van der Waals surface area contributed by atoms with Crippen LogP contribution in [-0.4, -0.2) is 47.1 Å². The van der Waals surface area contributed by atoms with Gasteiger partial charge in [-0.1, -0.05) is 12.1 Å². The van der Waals surface area contributed by atoms with Gasteiger partial charge in [0.1, 0.15) is 22.2 Å². The fourth-order valence-corrected chi connectivity index (χ4v) is 3.28. The summed E-state index contributed by atoms with van der Waals surface area (Å²) in [7, 11) is 3.12. The van der Waals surface area contributed by atoms with E-state index in [2.05, 4.69) is 15.2 Å². The minimum Gasteiger partial charge on any atom is -0.497 e. The molecule has 0 atom stereocenters. The van der Waals surface area contributed by atoms with Crippen molar-refractivity contribution in [3.63, 3.8) is 0 Å². The maximum atomic E-state index is 11.7. The highest BCUT2D eigenvalue weighted by Gasteiger charge is 2.15. The predicted molar refractivity (Wildman–Crippen MR) is 114 cm³/mol. The lowest BCUT2D eigenvalue weighted by Gasteiger charge is -2.06. The molecule has 0 saturated heterocycles. The first-order chi connectivity index (χ1) is 14.5. The summed E-state index contributed by atoms with van der Waals surface area (Å²) in [6, 6.07) is 12.5. The number of H-pyrrole nitrogens is 1. The van der Waals surface area contributed by atoms with Gasteiger partial charge in [0, 0.05) is 11.6 Å². The molecule has 0 aliphatic carbocycles. The van der Waals surface area contributed by atoms with Crippen molar-refractivity contribution in [3.05, 3.63) is 52.9 Å². The van der Waals surface area contributed by atoms with E-state index in [1.807, 2.05) is 6.92 Å². The third kappa shape index (κ3) is 5.32. The van der Waals surface area contributed by atoms with E-state index in [-0.39, 0.29) is 10.1 Å². The number of rotatable bonds is 9. The molecule has 8 nitrogen and oxygen atoms in total. The molecule has 0 aliphatic rings. The molecule has 0 radical (unpaired) electrons. The minimum absolute atomic E-state index is 0.0907. The molecular weight excluding hydrogens is 406 g/mol. The predicted octanol–water partition coefficient (Wildman–Crippen LogP) is 4.11. The van der Waals surface area contributed by atoms with Crippen molar-refractivity contribution < 1.29 is 24.1 Å². The number of ether oxygens (including phenoxy) is 3. The van der Waals surface area contributed by atoms with Crippen molar-refractivity contribution in [2.75, 3.05) is 20.8 Å².